The zero-order valence-corrected chi connectivity index (χ0v) is 18.0. The van der Waals surface area contributed by atoms with Crippen LogP contribution in [0.3, 0.4) is 0 Å². The van der Waals surface area contributed by atoms with Crippen LogP contribution >= 0.6 is 11.6 Å². The molecule has 0 aliphatic rings. The molecule has 0 fully saturated rings. The number of anilines is 1. The summed E-state index contributed by atoms with van der Waals surface area (Å²) in [6, 6.07) is 16.8. The van der Waals surface area contributed by atoms with Gasteiger partial charge in [0.25, 0.3) is 5.91 Å². The molecule has 0 N–H and O–H groups in total. The normalized spacial score (nSPS) is 10.7. The number of carbonyl (C=O) groups is 2. The van der Waals surface area contributed by atoms with Crippen molar-refractivity contribution < 1.29 is 14.3 Å². The average molecular weight is 426 g/mol. The predicted octanol–water partition coefficient (Wildman–Crippen LogP) is 4.41. The van der Waals surface area contributed by atoms with Gasteiger partial charge in [0.15, 0.2) is 6.61 Å². The number of esters is 1. The highest BCUT2D eigenvalue weighted by molar-refractivity contribution is 6.31. The number of hydrogen-bond donors (Lipinski definition) is 0. The van der Waals surface area contributed by atoms with E-state index in [1.807, 2.05) is 61.5 Å². The second-order valence-corrected chi connectivity index (χ2v) is 7.25. The van der Waals surface area contributed by atoms with E-state index < -0.39 is 5.97 Å². The first-order valence-corrected chi connectivity index (χ1v) is 10.1. The van der Waals surface area contributed by atoms with Gasteiger partial charge in [-0.15, -0.1) is 0 Å². The molecule has 0 saturated carbocycles. The molecule has 3 aromatic rings. The van der Waals surface area contributed by atoms with Crippen molar-refractivity contribution in [3.63, 3.8) is 0 Å². The van der Waals surface area contributed by atoms with E-state index in [4.69, 9.17) is 16.3 Å². The van der Waals surface area contributed by atoms with Gasteiger partial charge in [0, 0.05) is 17.3 Å². The molecule has 6 nitrogen and oxygen atoms in total. The lowest BCUT2D eigenvalue weighted by molar-refractivity contribution is -0.121. The van der Waals surface area contributed by atoms with E-state index in [1.165, 1.54) is 0 Å². The first-order valence-electron chi connectivity index (χ1n) is 9.72. The van der Waals surface area contributed by atoms with Crippen LogP contribution in [0.15, 0.2) is 54.6 Å². The molecule has 2 aromatic carbocycles. The molecule has 0 spiro atoms. The number of hydrogen-bond acceptors (Lipinski definition) is 4. The van der Waals surface area contributed by atoms with Crippen molar-refractivity contribution in [2.24, 2.45) is 0 Å². The highest BCUT2D eigenvalue weighted by Crippen LogP contribution is 2.20. The van der Waals surface area contributed by atoms with Gasteiger partial charge >= 0.3 is 5.97 Å². The molecule has 3 rings (SSSR count). The van der Waals surface area contributed by atoms with Crippen LogP contribution in [-0.2, 0) is 16.1 Å². The number of ether oxygens (including phenoxy) is 1. The third kappa shape index (κ3) is 4.71. The lowest BCUT2D eigenvalue weighted by atomic mass is 10.2. The third-order valence-corrected chi connectivity index (χ3v) is 5.24. The highest BCUT2D eigenvalue weighted by Gasteiger charge is 2.22. The molecule has 1 heterocycles. The van der Waals surface area contributed by atoms with E-state index in [9.17, 15) is 9.59 Å². The summed E-state index contributed by atoms with van der Waals surface area (Å²) < 4.78 is 7.05. The van der Waals surface area contributed by atoms with E-state index in [2.05, 4.69) is 5.10 Å². The number of benzene rings is 2. The number of halogens is 1. The third-order valence-electron chi connectivity index (χ3n) is 4.88. The van der Waals surface area contributed by atoms with Crippen LogP contribution in [0.2, 0.25) is 5.02 Å². The van der Waals surface area contributed by atoms with Crippen molar-refractivity contribution in [1.82, 2.24) is 9.78 Å². The summed E-state index contributed by atoms with van der Waals surface area (Å²) in [7, 11) is 0. The van der Waals surface area contributed by atoms with Gasteiger partial charge in [-0.1, -0.05) is 48.0 Å². The summed E-state index contributed by atoms with van der Waals surface area (Å²) in [6.45, 7) is 6.01. The van der Waals surface area contributed by atoms with Crippen molar-refractivity contribution in [2.45, 2.75) is 27.3 Å². The molecular formula is C23H24ClN3O3. The Morgan fingerprint density at radius 2 is 1.73 bits per heavy atom. The SMILES string of the molecule is CCN(C(=O)COC(=O)c1c(C)nn(Cc2ccccc2Cl)c1C)c1ccccc1. The van der Waals surface area contributed by atoms with Gasteiger partial charge < -0.3 is 9.64 Å². The Morgan fingerprint density at radius 3 is 2.40 bits per heavy atom. The maximum atomic E-state index is 12.7. The molecular weight excluding hydrogens is 402 g/mol. The summed E-state index contributed by atoms with van der Waals surface area (Å²) in [6.07, 6.45) is 0. The van der Waals surface area contributed by atoms with Gasteiger partial charge in [0.05, 0.1) is 17.9 Å². The van der Waals surface area contributed by atoms with Crippen LogP contribution in [-0.4, -0.2) is 34.8 Å². The minimum Gasteiger partial charge on any atom is -0.452 e. The molecule has 1 aromatic heterocycles. The summed E-state index contributed by atoms with van der Waals surface area (Å²) >= 11 is 6.24. The number of likely N-dealkylation sites (N-methyl/N-ethyl adjacent to an activating group) is 1. The Hall–Kier alpha value is -3.12. The molecule has 0 saturated heterocycles. The zero-order valence-electron chi connectivity index (χ0n) is 17.3. The molecule has 0 aliphatic heterocycles. The number of aryl methyl sites for hydroxylation is 1. The summed E-state index contributed by atoms with van der Waals surface area (Å²) in [5.41, 5.74) is 3.26. The number of para-hydroxylation sites is 1. The van der Waals surface area contributed by atoms with Crippen LogP contribution < -0.4 is 4.90 Å². The van der Waals surface area contributed by atoms with Crippen LogP contribution in [0.25, 0.3) is 0 Å². The molecule has 0 radical (unpaired) electrons. The summed E-state index contributed by atoms with van der Waals surface area (Å²) in [4.78, 5) is 26.9. The van der Waals surface area contributed by atoms with E-state index in [-0.39, 0.29) is 12.5 Å². The van der Waals surface area contributed by atoms with Gasteiger partial charge in [0.2, 0.25) is 0 Å². The van der Waals surface area contributed by atoms with Gasteiger partial charge in [-0.25, -0.2) is 4.79 Å². The van der Waals surface area contributed by atoms with Crippen molar-refractivity contribution in [3.05, 3.63) is 82.1 Å². The molecule has 0 unspecified atom stereocenters. The van der Waals surface area contributed by atoms with Crippen LogP contribution in [0.4, 0.5) is 5.69 Å². The number of aromatic nitrogens is 2. The molecule has 1 amide bonds. The second-order valence-electron chi connectivity index (χ2n) is 6.84. The van der Waals surface area contributed by atoms with E-state index >= 15 is 0 Å². The summed E-state index contributed by atoms with van der Waals surface area (Å²) in [5.74, 6) is -0.844. The predicted molar refractivity (Wildman–Crippen MR) is 117 cm³/mol. The number of rotatable bonds is 7. The Labute approximate surface area is 181 Å². The Kier molecular flexibility index (Phi) is 6.90. The van der Waals surface area contributed by atoms with E-state index in [1.54, 1.807) is 23.4 Å². The smallest absolute Gasteiger partial charge is 0.342 e. The fourth-order valence-corrected chi connectivity index (χ4v) is 3.52. The lowest BCUT2D eigenvalue weighted by Gasteiger charge is -2.20. The zero-order chi connectivity index (χ0) is 21.7. The minimum atomic E-state index is -0.562. The average Bonchev–Trinajstić information content (AvgIpc) is 3.02. The van der Waals surface area contributed by atoms with Gasteiger partial charge in [-0.2, -0.15) is 5.10 Å². The summed E-state index contributed by atoms with van der Waals surface area (Å²) in [5, 5.41) is 5.09. The molecule has 30 heavy (non-hydrogen) atoms. The Bertz CT molecular complexity index is 1050. The van der Waals surface area contributed by atoms with Gasteiger partial charge in [-0.3, -0.25) is 9.48 Å². The molecule has 0 bridgehead atoms. The largest absolute Gasteiger partial charge is 0.452 e. The van der Waals surface area contributed by atoms with Crippen molar-refractivity contribution >= 4 is 29.2 Å². The maximum Gasteiger partial charge on any atom is 0.342 e. The van der Waals surface area contributed by atoms with Crippen molar-refractivity contribution in [3.8, 4) is 0 Å². The Balaban J connectivity index is 1.70. The topological polar surface area (TPSA) is 64.4 Å². The fraction of sp³-hybridized carbons (Fsp3) is 0.261. The second kappa shape index (κ2) is 9.59. The lowest BCUT2D eigenvalue weighted by Crippen LogP contribution is -2.34. The number of amides is 1. The van der Waals surface area contributed by atoms with Gasteiger partial charge in [-0.05, 0) is 44.5 Å². The van der Waals surface area contributed by atoms with E-state index in [0.29, 0.717) is 35.1 Å². The minimum absolute atomic E-state index is 0.282. The van der Waals surface area contributed by atoms with Crippen LogP contribution in [0.5, 0.6) is 0 Å². The number of nitrogens with zero attached hydrogens (tertiary/aromatic N) is 3. The monoisotopic (exact) mass is 425 g/mol. The molecule has 0 atom stereocenters. The van der Waals surface area contributed by atoms with Crippen LogP contribution in [0.1, 0.15) is 34.2 Å². The maximum absolute atomic E-state index is 12.7. The quantitative estimate of drug-likeness (QED) is 0.526. The van der Waals surface area contributed by atoms with Crippen LogP contribution in [0, 0.1) is 13.8 Å². The highest BCUT2D eigenvalue weighted by atomic mass is 35.5. The standard InChI is InChI=1S/C23H24ClN3O3/c1-4-26(19-11-6-5-7-12-19)21(28)15-30-23(29)22-16(2)25-27(17(22)3)14-18-10-8-9-13-20(18)24/h5-13H,4,14-15H2,1-3H3. The van der Waals surface area contributed by atoms with Crippen molar-refractivity contribution in [1.29, 1.82) is 0 Å². The fourth-order valence-electron chi connectivity index (χ4n) is 3.32. The molecule has 156 valence electrons. The molecule has 0 aliphatic carbocycles. The van der Waals surface area contributed by atoms with Crippen molar-refractivity contribution in [2.75, 3.05) is 18.1 Å². The first kappa shape index (κ1) is 21.6. The molecule has 7 heteroatoms. The van der Waals surface area contributed by atoms with Gasteiger partial charge in [0.1, 0.15) is 5.56 Å². The first-order chi connectivity index (χ1) is 14.4. The van der Waals surface area contributed by atoms with E-state index in [0.717, 1.165) is 11.3 Å². The Morgan fingerprint density at radius 1 is 1.07 bits per heavy atom. The number of carbonyl (C=O) groups excluding carboxylic acids is 2.